The minimum atomic E-state index is -0.425. The summed E-state index contributed by atoms with van der Waals surface area (Å²) in [6.45, 7) is 2.11. The highest BCUT2D eigenvalue weighted by Crippen LogP contribution is 2.34. The second-order valence-corrected chi connectivity index (χ2v) is 5.17. The van der Waals surface area contributed by atoms with Gasteiger partial charge in [0.2, 0.25) is 0 Å². The van der Waals surface area contributed by atoms with Crippen molar-refractivity contribution in [2.24, 2.45) is 0 Å². The van der Waals surface area contributed by atoms with Crippen molar-refractivity contribution in [2.45, 2.75) is 18.3 Å². The highest BCUT2D eigenvalue weighted by molar-refractivity contribution is 7.99. The molecule has 1 aliphatic rings. The second-order valence-electron chi connectivity index (χ2n) is 4.04. The first-order valence-corrected chi connectivity index (χ1v) is 6.95. The van der Waals surface area contributed by atoms with E-state index in [1.165, 1.54) is 12.1 Å². The van der Waals surface area contributed by atoms with Crippen LogP contribution in [0.4, 0.5) is 5.69 Å². The van der Waals surface area contributed by atoms with Gasteiger partial charge in [-0.25, -0.2) is 0 Å². The van der Waals surface area contributed by atoms with Gasteiger partial charge in [0, 0.05) is 17.9 Å². The minimum absolute atomic E-state index is 0.0551. The van der Waals surface area contributed by atoms with Gasteiger partial charge in [-0.05, 0) is 12.5 Å². The Bertz CT molecular complexity index is 494. The fraction of sp³-hybridized carbons (Fsp3) is 0.417. The number of carbonyl (C=O) groups is 1. The Hall–Kier alpha value is -1.60. The first kappa shape index (κ1) is 13.8. The van der Waals surface area contributed by atoms with Gasteiger partial charge in [-0.1, -0.05) is 12.1 Å². The Morgan fingerprint density at radius 3 is 3.11 bits per heavy atom. The number of ether oxygens (including phenoxy) is 1. The number of esters is 1. The summed E-state index contributed by atoms with van der Waals surface area (Å²) in [7, 11) is 0. The molecule has 1 aliphatic heterocycles. The number of nitro groups is 1. The number of thioether (sulfide) groups is 1. The Balaban J connectivity index is 2.06. The number of hydrogen-bond donors (Lipinski definition) is 1. The molecule has 1 saturated heterocycles. The van der Waals surface area contributed by atoms with Gasteiger partial charge in [0.1, 0.15) is 6.04 Å². The van der Waals surface area contributed by atoms with E-state index in [4.69, 9.17) is 4.74 Å². The molecule has 2 rings (SSSR count). The quantitative estimate of drug-likeness (QED) is 0.515. The monoisotopic (exact) mass is 282 g/mol. The summed E-state index contributed by atoms with van der Waals surface area (Å²) in [5, 5.41) is 13.7. The number of nitrogens with one attached hydrogen (secondary N) is 1. The molecule has 0 amide bonds. The van der Waals surface area contributed by atoms with Crippen LogP contribution in [0.2, 0.25) is 0 Å². The van der Waals surface area contributed by atoms with Gasteiger partial charge < -0.3 is 4.74 Å². The van der Waals surface area contributed by atoms with E-state index in [9.17, 15) is 14.9 Å². The maximum atomic E-state index is 11.6. The van der Waals surface area contributed by atoms with Gasteiger partial charge in [0.25, 0.3) is 5.69 Å². The van der Waals surface area contributed by atoms with Crippen LogP contribution in [0.5, 0.6) is 0 Å². The molecule has 0 bridgehead atoms. The molecule has 0 saturated carbocycles. The maximum absolute atomic E-state index is 11.6. The lowest BCUT2D eigenvalue weighted by atomic mass is 10.2. The predicted octanol–water partition coefficient (Wildman–Crippen LogP) is 1.86. The summed E-state index contributed by atoms with van der Waals surface area (Å²) in [5.41, 5.74) is 0.852. The Morgan fingerprint density at radius 1 is 1.63 bits per heavy atom. The lowest BCUT2D eigenvalue weighted by molar-refractivity contribution is -0.384. The lowest BCUT2D eigenvalue weighted by Crippen LogP contribution is -2.35. The molecular formula is C12H14N2O4S. The molecule has 1 aromatic carbocycles. The standard InChI is InChI=1S/C12H14N2O4S/c1-2-18-12(15)10-7-19-11(13-10)8-4-3-5-9(6-8)14(16)17/h3-6,10-11,13H,2,7H2,1H3/t10-,11?/m0/s1. The molecule has 1 N–H and O–H groups in total. The van der Waals surface area contributed by atoms with Gasteiger partial charge in [-0.15, -0.1) is 11.8 Å². The fourth-order valence-electron chi connectivity index (χ4n) is 1.84. The summed E-state index contributed by atoms with van der Waals surface area (Å²) in [5.74, 6) is 0.328. The van der Waals surface area contributed by atoms with E-state index in [1.54, 1.807) is 24.8 Å². The number of nitro benzene ring substituents is 1. The molecule has 0 aliphatic carbocycles. The number of carbonyl (C=O) groups excluding carboxylic acids is 1. The van der Waals surface area contributed by atoms with Gasteiger partial charge in [0.05, 0.1) is 16.9 Å². The van der Waals surface area contributed by atoms with E-state index < -0.39 is 4.92 Å². The van der Waals surface area contributed by atoms with Crippen LogP contribution in [-0.4, -0.2) is 29.3 Å². The molecule has 0 spiro atoms. The van der Waals surface area contributed by atoms with Crippen LogP contribution in [0, 0.1) is 10.1 Å². The van der Waals surface area contributed by atoms with Crippen LogP contribution < -0.4 is 5.32 Å². The molecule has 1 fully saturated rings. The molecule has 7 heteroatoms. The largest absolute Gasteiger partial charge is 0.465 e. The zero-order valence-corrected chi connectivity index (χ0v) is 11.2. The molecule has 0 aromatic heterocycles. The first-order valence-electron chi connectivity index (χ1n) is 5.90. The molecule has 2 atom stereocenters. The molecule has 6 nitrogen and oxygen atoms in total. The molecule has 19 heavy (non-hydrogen) atoms. The first-order chi connectivity index (χ1) is 9.11. The van der Waals surface area contributed by atoms with Crippen molar-refractivity contribution in [1.29, 1.82) is 0 Å². The van der Waals surface area contributed by atoms with Gasteiger partial charge >= 0.3 is 5.97 Å². The third kappa shape index (κ3) is 3.24. The molecule has 1 unspecified atom stereocenters. The SMILES string of the molecule is CCOC(=O)[C@@H]1CSC(c2cccc([N+](=O)[O-])c2)N1. The van der Waals surface area contributed by atoms with E-state index in [1.807, 2.05) is 6.07 Å². The van der Waals surface area contributed by atoms with E-state index >= 15 is 0 Å². The lowest BCUT2D eigenvalue weighted by Gasteiger charge is -2.12. The van der Waals surface area contributed by atoms with Crippen LogP contribution in [0.15, 0.2) is 24.3 Å². The number of benzene rings is 1. The maximum Gasteiger partial charge on any atom is 0.324 e. The molecule has 0 radical (unpaired) electrons. The van der Waals surface area contributed by atoms with Crippen molar-refractivity contribution in [3.05, 3.63) is 39.9 Å². The van der Waals surface area contributed by atoms with Gasteiger partial charge in [-0.3, -0.25) is 20.2 Å². The predicted molar refractivity (Wildman–Crippen MR) is 71.9 cm³/mol. The average molecular weight is 282 g/mol. The van der Waals surface area contributed by atoms with Crippen molar-refractivity contribution in [2.75, 3.05) is 12.4 Å². The van der Waals surface area contributed by atoms with Crippen molar-refractivity contribution in [1.82, 2.24) is 5.32 Å². The number of hydrogen-bond acceptors (Lipinski definition) is 6. The van der Waals surface area contributed by atoms with Crippen molar-refractivity contribution in [3.8, 4) is 0 Å². The smallest absolute Gasteiger partial charge is 0.324 e. The number of rotatable bonds is 4. The Kier molecular flexibility index (Phi) is 4.39. The van der Waals surface area contributed by atoms with Gasteiger partial charge in [0.15, 0.2) is 0 Å². The summed E-state index contributed by atoms with van der Waals surface area (Å²) in [6, 6.07) is 6.08. The zero-order chi connectivity index (χ0) is 13.8. The van der Waals surface area contributed by atoms with Crippen LogP contribution in [0.25, 0.3) is 0 Å². The molecule has 102 valence electrons. The number of nitrogens with zero attached hydrogens (tertiary/aromatic N) is 1. The normalized spacial score (nSPS) is 22.2. The van der Waals surface area contributed by atoms with Crippen LogP contribution in [-0.2, 0) is 9.53 Å². The van der Waals surface area contributed by atoms with E-state index in [-0.39, 0.29) is 23.1 Å². The van der Waals surface area contributed by atoms with Crippen LogP contribution in [0.1, 0.15) is 17.9 Å². The van der Waals surface area contributed by atoms with E-state index in [0.29, 0.717) is 12.4 Å². The average Bonchev–Trinajstić information content (AvgIpc) is 2.89. The number of non-ortho nitro benzene ring substituents is 1. The summed E-state index contributed by atoms with van der Waals surface area (Å²) < 4.78 is 4.95. The van der Waals surface area contributed by atoms with Crippen molar-refractivity contribution in [3.63, 3.8) is 0 Å². The summed E-state index contributed by atoms with van der Waals surface area (Å²) >= 11 is 1.54. The fourth-order valence-corrected chi connectivity index (χ4v) is 3.06. The van der Waals surface area contributed by atoms with Crippen LogP contribution in [0.3, 0.4) is 0 Å². The molecular weight excluding hydrogens is 268 g/mol. The third-order valence-electron chi connectivity index (χ3n) is 2.74. The highest BCUT2D eigenvalue weighted by atomic mass is 32.2. The second kappa shape index (κ2) is 6.03. The van der Waals surface area contributed by atoms with E-state index in [2.05, 4.69) is 5.32 Å². The van der Waals surface area contributed by atoms with Crippen molar-refractivity contribution < 1.29 is 14.5 Å². The summed E-state index contributed by atoms with van der Waals surface area (Å²) in [4.78, 5) is 21.9. The molecule has 1 aromatic rings. The minimum Gasteiger partial charge on any atom is -0.465 e. The van der Waals surface area contributed by atoms with Crippen LogP contribution >= 0.6 is 11.8 Å². The van der Waals surface area contributed by atoms with Crippen molar-refractivity contribution >= 4 is 23.4 Å². The molecule has 1 heterocycles. The van der Waals surface area contributed by atoms with E-state index in [0.717, 1.165) is 5.56 Å². The van der Waals surface area contributed by atoms with Gasteiger partial charge in [-0.2, -0.15) is 0 Å². The summed E-state index contributed by atoms with van der Waals surface area (Å²) in [6.07, 6.45) is 0. The third-order valence-corrected chi connectivity index (χ3v) is 4.00. The Morgan fingerprint density at radius 2 is 2.42 bits per heavy atom. The highest BCUT2D eigenvalue weighted by Gasteiger charge is 2.31. The zero-order valence-electron chi connectivity index (χ0n) is 10.4. The Labute approximate surface area is 114 Å². The topological polar surface area (TPSA) is 81.5 Å².